The molecule has 0 aliphatic heterocycles. The first-order valence-electron chi connectivity index (χ1n) is 6.46. The molecule has 0 saturated heterocycles. The van der Waals surface area contributed by atoms with E-state index in [0.717, 1.165) is 16.5 Å². The standard InChI is InChI=1S/C17H13NO3.ClH/c1-21-17(20)14-10-16(11-6-8-12(19)9-7-11)18-15-5-3-2-4-13(14)15;/h2-10,19H,1H3;1H. The van der Waals surface area contributed by atoms with E-state index in [4.69, 9.17) is 4.74 Å². The summed E-state index contributed by atoms with van der Waals surface area (Å²) in [6, 6.07) is 15.8. The Hall–Kier alpha value is -2.59. The fourth-order valence-electron chi connectivity index (χ4n) is 2.23. The number of esters is 1. The second-order valence-corrected chi connectivity index (χ2v) is 4.61. The summed E-state index contributed by atoms with van der Waals surface area (Å²) in [5.41, 5.74) is 2.69. The number of fused-ring (bicyclic) bond motifs is 1. The fourth-order valence-corrected chi connectivity index (χ4v) is 2.23. The maximum absolute atomic E-state index is 12.0. The quantitative estimate of drug-likeness (QED) is 0.730. The number of hydrogen-bond acceptors (Lipinski definition) is 4. The van der Waals surface area contributed by atoms with Crippen molar-refractivity contribution >= 4 is 29.3 Å². The molecule has 1 N–H and O–H groups in total. The van der Waals surface area contributed by atoms with Crippen LogP contribution < -0.4 is 0 Å². The summed E-state index contributed by atoms with van der Waals surface area (Å²) in [6.45, 7) is 0. The van der Waals surface area contributed by atoms with E-state index in [2.05, 4.69) is 4.98 Å². The summed E-state index contributed by atoms with van der Waals surface area (Å²) in [6.07, 6.45) is 0. The molecule has 3 aromatic rings. The molecule has 2 aromatic carbocycles. The molecule has 3 rings (SSSR count). The fraction of sp³-hybridized carbons (Fsp3) is 0.0588. The third-order valence-corrected chi connectivity index (χ3v) is 3.28. The van der Waals surface area contributed by atoms with Crippen LogP contribution in [0.25, 0.3) is 22.2 Å². The molecular formula is C17H14ClNO3. The maximum atomic E-state index is 12.0. The van der Waals surface area contributed by atoms with E-state index in [1.807, 2.05) is 24.3 Å². The summed E-state index contributed by atoms with van der Waals surface area (Å²) in [7, 11) is 1.36. The third-order valence-electron chi connectivity index (χ3n) is 3.28. The first-order chi connectivity index (χ1) is 10.2. The second-order valence-electron chi connectivity index (χ2n) is 4.61. The van der Waals surface area contributed by atoms with Crippen LogP contribution in [0.1, 0.15) is 10.4 Å². The molecule has 0 fully saturated rings. The van der Waals surface area contributed by atoms with E-state index >= 15 is 0 Å². The van der Waals surface area contributed by atoms with Crippen LogP contribution >= 0.6 is 12.4 Å². The zero-order valence-electron chi connectivity index (χ0n) is 11.8. The predicted octanol–water partition coefficient (Wildman–Crippen LogP) is 3.82. The maximum Gasteiger partial charge on any atom is 0.338 e. The highest BCUT2D eigenvalue weighted by molar-refractivity contribution is 6.04. The molecule has 0 spiro atoms. The van der Waals surface area contributed by atoms with Crippen LogP contribution in [0.4, 0.5) is 0 Å². The summed E-state index contributed by atoms with van der Waals surface area (Å²) in [5.74, 6) is -0.207. The van der Waals surface area contributed by atoms with Crippen molar-refractivity contribution in [1.82, 2.24) is 4.98 Å². The van der Waals surface area contributed by atoms with Crippen molar-refractivity contribution in [2.45, 2.75) is 0 Å². The van der Waals surface area contributed by atoms with Gasteiger partial charge in [0.05, 0.1) is 23.9 Å². The molecule has 4 nitrogen and oxygen atoms in total. The lowest BCUT2D eigenvalue weighted by Gasteiger charge is -2.08. The number of pyridine rings is 1. The average Bonchev–Trinajstić information content (AvgIpc) is 2.53. The first-order valence-corrected chi connectivity index (χ1v) is 6.46. The van der Waals surface area contributed by atoms with Crippen molar-refractivity contribution in [3.8, 4) is 17.0 Å². The van der Waals surface area contributed by atoms with Crippen LogP contribution in [-0.4, -0.2) is 23.2 Å². The van der Waals surface area contributed by atoms with Gasteiger partial charge in [0.2, 0.25) is 0 Å². The molecule has 1 heterocycles. The molecule has 0 aliphatic carbocycles. The number of nitrogens with zero attached hydrogens (tertiary/aromatic N) is 1. The summed E-state index contributed by atoms with van der Waals surface area (Å²) < 4.78 is 4.85. The van der Waals surface area contributed by atoms with E-state index in [1.165, 1.54) is 7.11 Å². The number of phenols is 1. The summed E-state index contributed by atoms with van der Waals surface area (Å²) in [4.78, 5) is 16.5. The molecule has 0 amide bonds. The van der Waals surface area contributed by atoms with Gasteiger partial charge in [-0.25, -0.2) is 9.78 Å². The van der Waals surface area contributed by atoms with Gasteiger partial charge in [0.25, 0.3) is 0 Å². The summed E-state index contributed by atoms with van der Waals surface area (Å²) in [5, 5.41) is 10.1. The van der Waals surface area contributed by atoms with E-state index in [9.17, 15) is 9.90 Å². The average molecular weight is 316 g/mol. The van der Waals surface area contributed by atoms with Crippen LogP contribution in [0.3, 0.4) is 0 Å². The molecule has 5 heteroatoms. The van der Waals surface area contributed by atoms with Crippen molar-refractivity contribution in [1.29, 1.82) is 0 Å². The van der Waals surface area contributed by atoms with Gasteiger partial charge in [-0.05, 0) is 36.4 Å². The Bertz CT molecular complexity index is 816. The Labute approximate surface area is 133 Å². The minimum Gasteiger partial charge on any atom is -0.508 e. The van der Waals surface area contributed by atoms with Crippen LogP contribution in [0.2, 0.25) is 0 Å². The monoisotopic (exact) mass is 315 g/mol. The number of halogens is 1. The van der Waals surface area contributed by atoms with Gasteiger partial charge in [0, 0.05) is 10.9 Å². The van der Waals surface area contributed by atoms with E-state index in [0.29, 0.717) is 11.3 Å². The van der Waals surface area contributed by atoms with Crippen molar-refractivity contribution in [2.75, 3.05) is 7.11 Å². The van der Waals surface area contributed by atoms with Gasteiger partial charge in [-0.1, -0.05) is 18.2 Å². The van der Waals surface area contributed by atoms with Gasteiger partial charge in [-0.15, -0.1) is 12.4 Å². The van der Waals surface area contributed by atoms with E-state index < -0.39 is 5.97 Å². The molecule has 0 aliphatic rings. The van der Waals surface area contributed by atoms with Crippen molar-refractivity contribution in [2.24, 2.45) is 0 Å². The molecule has 112 valence electrons. The van der Waals surface area contributed by atoms with Crippen LogP contribution in [0.15, 0.2) is 54.6 Å². The smallest absolute Gasteiger partial charge is 0.338 e. The zero-order valence-corrected chi connectivity index (χ0v) is 12.6. The number of methoxy groups -OCH3 is 1. The number of benzene rings is 2. The van der Waals surface area contributed by atoms with Gasteiger partial charge in [0.15, 0.2) is 0 Å². The molecule has 22 heavy (non-hydrogen) atoms. The van der Waals surface area contributed by atoms with Crippen LogP contribution in [-0.2, 0) is 4.74 Å². The van der Waals surface area contributed by atoms with Crippen LogP contribution in [0, 0.1) is 0 Å². The van der Waals surface area contributed by atoms with Gasteiger partial charge in [-0.2, -0.15) is 0 Å². The molecule has 0 radical (unpaired) electrons. The highest BCUT2D eigenvalue weighted by Gasteiger charge is 2.13. The van der Waals surface area contributed by atoms with Crippen molar-refractivity contribution in [3.63, 3.8) is 0 Å². The lowest BCUT2D eigenvalue weighted by Crippen LogP contribution is -2.03. The number of carbonyl (C=O) groups is 1. The SMILES string of the molecule is COC(=O)c1cc(-c2ccc(O)cc2)nc2ccccc12.Cl. The van der Waals surface area contributed by atoms with Gasteiger partial charge >= 0.3 is 5.97 Å². The highest BCUT2D eigenvalue weighted by Crippen LogP contribution is 2.26. The Morgan fingerprint density at radius 3 is 2.45 bits per heavy atom. The van der Waals surface area contributed by atoms with Crippen LogP contribution in [0.5, 0.6) is 5.75 Å². The topological polar surface area (TPSA) is 59.4 Å². The van der Waals surface area contributed by atoms with E-state index in [1.54, 1.807) is 30.3 Å². The number of hydrogen-bond donors (Lipinski definition) is 1. The summed E-state index contributed by atoms with van der Waals surface area (Å²) >= 11 is 0. The molecule has 1 aromatic heterocycles. The van der Waals surface area contributed by atoms with Crippen molar-refractivity contribution in [3.05, 3.63) is 60.2 Å². The molecule has 0 atom stereocenters. The number of rotatable bonds is 2. The Morgan fingerprint density at radius 1 is 1.09 bits per heavy atom. The number of ether oxygens (including phenoxy) is 1. The van der Waals surface area contributed by atoms with Crippen molar-refractivity contribution < 1.29 is 14.6 Å². The number of para-hydroxylation sites is 1. The third kappa shape index (κ3) is 2.87. The normalized spacial score (nSPS) is 10.0. The molecule has 0 bridgehead atoms. The lowest BCUT2D eigenvalue weighted by molar-refractivity contribution is 0.0603. The first kappa shape index (κ1) is 15.8. The molecule has 0 unspecified atom stereocenters. The second kappa shape index (κ2) is 6.45. The largest absolute Gasteiger partial charge is 0.508 e. The van der Waals surface area contributed by atoms with E-state index in [-0.39, 0.29) is 18.2 Å². The number of aromatic nitrogens is 1. The molecular weight excluding hydrogens is 302 g/mol. The Morgan fingerprint density at radius 2 is 1.77 bits per heavy atom. The Balaban J connectivity index is 0.00000176. The van der Waals surface area contributed by atoms with Gasteiger partial charge in [0.1, 0.15) is 5.75 Å². The minimum atomic E-state index is -0.395. The highest BCUT2D eigenvalue weighted by atomic mass is 35.5. The van der Waals surface area contributed by atoms with Gasteiger partial charge in [-0.3, -0.25) is 0 Å². The lowest BCUT2D eigenvalue weighted by atomic mass is 10.0. The van der Waals surface area contributed by atoms with Gasteiger partial charge < -0.3 is 9.84 Å². The molecule has 0 saturated carbocycles. The Kier molecular flexibility index (Phi) is 4.63. The predicted molar refractivity (Wildman–Crippen MR) is 87.4 cm³/mol. The number of carbonyl (C=O) groups excluding carboxylic acids is 1. The minimum absolute atomic E-state index is 0. The number of aromatic hydroxyl groups is 1. The zero-order chi connectivity index (χ0) is 14.8. The number of phenolic OH excluding ortho intramolecular Hbond substituents is 1.